The smallest absolute Gasteiger partial charge is 0.125 e. The van der Waals surface area contributed by atoms with Crippen LogP contribution in [0, 0.1) is 17.1 Å². The van der Waals surface area contributed by atoms with Gasteiger partial charge in [0.15, 0.2) is 0 Å². The summed E-state index contributed by atoms with van der Waals surface area (Å²) < 4.78 is 13.1. The molecule has 0 atom stereocenters. The second kappa shape index (κ2) is 3.60. The molecule has 0 aliphatic carbocycles. The molecule has 0 bridgehead atoms. The van der Waals surface area contributed by atoms with E-state index >= 15 is 0 Å². The molecule has 1 aromatic heterocycles. The lowest BCUT2D eigenvalue weighted by Crippen LogP contribution is -1.81. The molecule has 2 rings (SSSR count). The Kier molecular flexibility index (Phi) is 2.30. The van der Waals surface area contributed by atoms with Crippen LogP contribution in [-0.2, 0) is 0 Å². The molecular weight excluding hydrogens is 197 g/mol. The minimum Gasteiger partial charge on any atom is -0.207 e. The Morgan fingerprint density at radius 2 is 2.14 bits per heavy atom. The van der Waals surface area contributed by atoms with Crippen molar-refractivity contribution in [1.82, 2.24) is 0 Å². The van der Waals surface area contributed by atoms with Gasteiger partial charge in [-0.1, -0.05) is 6.07 Å². The zero-order valence-corrected chi connectivity index (χ0v) is 8.01. The van der Waals surface area contributed by atoms with Gasteiger partial charge in [-0.2, -0.15) is 5.26 Å². The second-order valence-corrected chi connectivity index (χ2v) is 3.77. The first-order valence-electron chi connectivity index (χ1n) is 4.04. The summed E-state index contributed by atoms with van der Waals surface area (Å²) in [6.45, 7) is 0. The summed E-state index contributed by atoms with van der Waals surface area (Å²) in [5.41, 5.74) is 1.12. The van der Waals surface area contributed by atoms with Crippen molar-refractivity contribution in [2.45, 2.75) is 0 Å². The Labute approximate surface area is 85.1 Å². The molecule has 0 radical (unpaired) electrons. The maximum absolute atomic E-state index is 13.1. The van der Waals surface area contributed by atoms with E-state index in [4.69, 9.17) is 5.26 Å². The van der Waals surface area contributed by atoms with E-state index in [1.54, 1.807) is 6.07 Å². The summed E-state index contributed by atoms with van der Waals surface area (Å²) in [7, 11) is 0. The lowest BCUT2D eigenvalue weighted by molar-refractivity contribution is 0.628. The first kappa shape index (κ1) is 8.92. The fraction of sp³-hybridized carbons (Fsp3) is 0. The van der Waals surface area contributed by atoms with Crippen molar-refractivity contribution in [2.24, 2.45) is 0 Å². The van der Waals surface area contributed by atoms with E-state index in [-0.39, 0.29) is 5.82 Å². The highest BCUT2D eigenvalue weighted by Crippen LogP contribution is 2.26. The number of hydrogen-bond acceptors (Lipinski definition) is 2. The molecule has 0 fully saturated rings. The molecule has 1 nitrogen and oxygen atoms in total. The van der Waals surface area contributed by atoms with Crippen LogP contribution in [0.25, 0.3) is 10.4 Å². The highest BCUT2D eigenvalue weighted by Gasteiger charge is 2.03. The third-order valence-electron chi connectivity index (χ3n) is 1.83. The molecule has 2 aromatic rings. The van der Waals surface area contributed by atoms with Crippen molar-refractivity contribution < 1.29 is 4.39 Å². The standard InChI is InChI=1S/C11H6FNS/c12-10-5-8(7-13)4-9(6-10)11-2-1-3-14-11/h1-6H. The van der Waals surface area contributed by atoms with Gasteiger partial charge >= 0.3 is 0 Å². The number of nitrogens with zero attached hydrogens (tertiary/aromatic N) is 1. The van der Waals surface area contributed by atoms with Crippen LogP contribution in [0.2, 0.25) is 0 Å². The topological polar surface area (TPSA) is 23.8 Å². The first-order valence-corrected chi connectivity index (χ1v) is 4.92. The number of benzene rings is 1. The summed E-state index contributed by atoms with van der Waals surface area (Å²) in [4.78, 5) is 0.973. The summed E-state index contributed by atoms with van der Waals surface area (Å²) in [6, 6.07) is 10.1. The van der Waals surface area contributed by atoms with Gasteiger partial charge in [-0.3, -0.25) is 0 Å². The van der Waals surface area contributed by atoms with Crippen molar-refractivity contribution in [1.29, 1.82) is 5.26 Å². The third-order valence-corrected chi connectivity index (χ3v) is 2.75. The van der Waals surface area contributed by atoms with Gasteiger partial charge in [0.05, 0.1) is 11.6 Å². The van der Waals surface area contributed by atoms with Gasteiger partial charge in [0.25, 0.3) is 0 Å². The van der Waals surface area contributed by atoms with Crippen molar-refractivity contribution >= 4 is 11.3 Å². The molecule has 0 aliphatic rings. The maximum Gasteiger partial charge on any atom is 0.125 e. The van der Waals surface area contributed by atoms with Crippen LogP contribution in [0.3, 0.4) is 0 Å². The van der Waals surface area contributed by atoms with E-state index in [0.29, 0.717) is 5.56 Å². The fourth-order valence-electron chi connectivity index (χ4n) is 1.24. The van der Waals surface area contributed by atoms with Gasteiger partial charge in [-0.15, -0.1) is 11.3 Å². The molecule has 0 aliphatic heterocycles. The molecule has 3 heteroatoms. The van der Waals surface area contributed by atoms with Crippen LogP contribution in [-0.4, -0.2) is 0 Å². The van der Waals surface area contributed by atoms with Crippen molar-refractivity contribution in [3.63, 3.8) is 0 Å². The molecule has 1 aromatic carbocycles. The van der Waals surface area contributed by atoms with Gasteiger partial charge in [0, 0.05) is 4.88 Å². The van der Waals surface area contributed by atoms with E-state index in [9.17, 15) is 4.39 Å². The predicted molar refractivity (Wildman–Crippen MR) is 54.4 cm³/mol. The number of hydrogen-bond donors (Lipinski definition) is 0. The molecule has 0 saturated carbocycles. The van der Waals surface area contributed by atoms with E-state index < -0.39 is 0 Å². The van der Waals surface area contributed by atoms with Crippen LogP contribution in [0.4, 0.5) is 4.39 Å². The van der Waals surface area contributed by atoms with Gasteiger partial charge in [-0.25, -0.2) is 4.39 Å². The van der Waals surface area contributed by atoms with Gasteiger partial charge < -0.3 is 0 Å². The number of thiophene rings is 1. The highest BCUT2D eigenvalue weighted by atomic mass is 32.1. The largest absolute Gasteiger partial charge is 0.207 e. The molecular formula is C11H6FNS. The zero-order chi connectivity index (χ0) is 9.97. The summed E-state index contributed by atoms with van der Waals surface area (Å²) in [6.07, 6.45) is 0. The average molecular weight is 203 g/mol. The zero-order valence-electron chi connectivity index (χ0n) is 7.20. The Balaban J connectivity index is 2.55. The SMILES string of the molecule is N#Cc1cc(F)cc(-c2cccs2)c1. The average Bonchev–Trinajstić information content (AvgIpc) is 2.69. The maximum atomic E-state index is 13.1. The molecule has 0 unspecified atom stereocenters. The van der Waals surface area contributed by atoms with Crippen LogP contribution in [0.5, 0.6) is 0 Å². The van der Waals surface area contributed by atoms with Crippen LogP contribution in [0.15, 0.2) is 35.7 Å². The Bertz CT molecular complexity index is 482. The van der Waals surface area contributed by atoms with Crippen molar-refractivity contribution in [3.8, 4) is 16.5 Å². The summed E-state index contributed by atoms with van der Waals surface area (Å²) in [5, 5.41) is 10.6. The van der Waals surface area contributed by atoms with Gasteiger partial charge in [0.2, 0.25) is 0 Å². The minimum absolute atomic E-state index is 0.355. The highest BCUT2D eigenvalue weighted by molar-refractivity contribution is 7.13. The van der Waals surface area contributed by atoms with E-state index in [2.05, 4.69) is 0 Å². The van der Waals surface area contributed by atoms with Crippen LogP contribution >= 0.6 is 11.3 Å². The Hall–Kier alpha value is -1.66. The lowest BCUT2D eigenvalue weighted by atomic mass is 10.1. The minimum atomic E-state index is -0.368. The Morgan fingerprint density at radius 1 is 1.29 bits per heavy atom. The van der Waals surface area contributed by atoms with Crippen LogP contribution < -0.4 is 0 Å². The summed E-state index contributed by atoms with van der Waals surface area (Å²) in [5.74, 6) is -0.368. The molecule has 0 spiro atoms. The molecule has 0 saturated heterocycles. The van der Waals surface area contributed by atoms with E-state index in [1.807, 2.05) is 23.6 Å². The van der Waals surface area contributed by atoms with Crippen molar-refractivity contribution in [2.75, 3.05) is 0 Å². The van der Waals surface area contributed by atoms with E-state index in [0.717, 1.165) is 10.4 Å². The van der Waals surface area contributed by atoms with Gasteiger partial charge in [-0.05, 0) is 35.2 Å². The molecule has 0 amide bonds. The molecule has 14 heavy (non-hydrogen) atoms. The summed E-state index contributed by atoms with van der Waals surface area (Å²) >= 11 is 1.53. The number of halogens is 1. The van der Waals surface area contributed by atoms with Gasteiger partial charge in [0.1, 0.15) is 5.82 Å². The first-order chi connectivity index (χ1) is 6.79. The Morgan fingerprint density at radius 3 is 2.79 bits per heavy atom. The second-order valence-electron chi connectivity index (χ2n) is 2.82. The number of rotatable bonds is 1. The molecule has 68 valence electrons. The number of nitriles is 1. The fourth-order valence-corrected chi connectivity index (χ4v) is 1.95. The monoisotopic (exact) mass is 203 g/mol. The normalized spacial score (nSPS) is 9.71. The molecule has 0 N–H and O–H groups in total. The predicted octanol–water partition coefficient (Wildman–Crippen LogP) is 3.43. The molecule has 1 heterocycles. The van der Waals surface area contributed by atoms with Crippen LogP contribution in [0.1, 0.15) is 5.56 Å². The third kappa shape index (κ3) is 1.66. The van der Waals surface area contributed by atoms with Crippen molar-refractivity contribution in [3.05, 3.63) is 47.1 Å². The lowest BCUT2D eigenvalue weighted by Gasteiger charge is -1.98. The van der Waals surface area contributed by atoms with E-state index in [1.165, 1.54) is 23.5 Å². The quantitative estimate of drug-likeness (QED) is 0.696.